The van der Waals surface area contributed by atoms with Gasteiger partial charge in [0.05, 0.1) is 6.42 Å². The molecular weight excluding hydrogens is 346 g/mol. The van der Waals surface area contributed by atoms with E-state index in [-0.39, 0.29) is 23.3 Å². The van der Waals surface area contributed by atoms with Crippen molar-refractivity contribution in [2.24, 2.45) is 0 Å². The van der Waals surface area contributed by atoms with Gasteiger partial charge in [0.25, 0.3) is 0 Å². The fourth-order valence-corrected chi connectivity index (χ4v) is 2.36. The maximum absolute atomic E-state index is 11.8. The Kier molecular flexibility index (Phi) is 10.0. The molecule has 3 N–H and O–H groups in total. The smallest absolute Gasteiger partial charge is 0.242 e. The summed E-state index contributed by atoms with van der Waals surface area (Å²) in [5.74, 6) is -0.399. The Morgan fingerprint density at radius 2 is 1.67 bits per heavy atom. The van der Waals surface area contributed by atoms with Gasteiger partial charge in [0.15, 0.2) is 5.11 Å². The average molecular weight is 370 g/mol. The Bertz CT molecular complexity index is 549. The molecule has 0 spiro atoms. The average Bonchev–Trinajstić information content (AvgIpc) is 2.55. The summed E-state index contributed by atoms with van der Waals surface area (Å²) in [6.45, 7) is 2.15. The molecule has 7 heteroatoms. The number of carbonyl (C=O) groups is 2. The summed E-state index contributed by atoms with van der Waals surface area (Å²) in [4.78, 5) is 23.5. The lowest BCUT2D eigenvalue weighted by Crippen LogP contribution is -2.48. The topological polar surface area (TPSA) is 70.2 Å². The molecule has 132 valence electrons. The summed E-state index contributed by atoms with van der Waals surface area (Å²) in [6, 6.07) is 7.01. The van der Waals surface area contributed by atoms with Crippen LogP contribution >= 0.6 is 23.8 Å². The molecule has 5 nitrogen and oxygen atoms in total. The SMILES string of the molecule is CCCCCCCC(=O)NC(=S)NNC(=O)Cc1ccc(Cl)cc1. The number of hydrogen-bond donors (Lipinski definition) is 3. The predicted octanol–water partition coefficient (Wildman–Crippen LogP) is 3.26. The number of nitrogens with one attached hydrogen (secondary N) is 3. The molecule has 0 aliphatic heterocycles. The first-order valence-electron chi connectivity index (χ1n) is 8.14. The first kappa shape index (κ1) is 20.4. The van der Waals surface area contributed by atoms with E-state index >= 15 is 0 Å². The zero-order valence-electron chi connectivity index (χ0n) is 13.9. The molecule has 0 aromatic heterocycles. The normalized spacial score (nSPS) is 10.1. The quantitative estimate of drug-likeness (QED) is 0.373. The molecule has 1 aromatic rings. The Morgan fingerprint density at radius 1 is 1.00 bits per heavy atom. The highest BCUT2D eigenvalue weighted by Gasteiger charge is 2.07. The summed E-state index contributed by atoms with van der Waals surface area (Å²) in [5.41, 5.74) is 5.82. The zero-order chi connectivity index (χ0) is 17.8. The zero-order valence-corrected chi connectivity index (χ0v) is 15.4. The largest absolute Gasteiger partial charge is 0.302 e. The number of unbranched alkanes of at least 4 members (excludes halogenated alkanes) is 4. The minimum Gasteiger partial charge on any atom is -0.302 e. The molecule has 1 aromatic carbocycles. The van der Waals surface area contributed by atoms with Crippen LogP contribution in [0.15, 0.2) is 24.3 Å². The highest BCUT2D eigenvalue weighted by molar-refractivity contribution is 7.80. The van der Waals surface area contributed by atoms with E-state index in [1.54, 1.807) is 24.3 Å². The third kappa shape index (κ3) is 9.47. The fraction of sp³-hybridized carbons (Fsp3) is 0.471. The Labute approximate surface area is 153 Å². The van der Waals surface area contributed by atoms with Gasteiger partial charge in [0, 0.05) is 11.4 Å². The fourth-order valence-electron chi connectivity index (χ4n) is 2.07. The van der Waals surface area contributed by atoms with E-state index in [1.807, 2.05) is 0 Å². The summed E-state index contributed by atoms with van der Waals surface area (Å²) < 4.78 is 0. The lowest BCUT2D eigenvalue weighted by molar-refractivity contribution is -0.122. The lowest BCUT2D eigenvalue weighted by atomic mass is 10.1. The van der Waals surface area contributed by atoms with Crippen molar-refractivity contribution in [3.8, 4) is 0 Å². The van der Waals surface area contributed by atoms with Gasteiger partial charge in [0.2, 0.25) is 11.8 Å². The van der Waals surface area contributed by atoms with Crippen LogP contribution in [0.3, 0.4) is 0 Å². The van der Waals surface area contributed by atoms with Crippen LogP contribution in [0, 0.1) is 0 Å². The Balaban J connectivity index is 2.17. The minimum absolute atomic E-state index is 0.0954. The molecule has 0 saturated heterocycles. The van der Waals surface area contributed by atoms with Crippen LogP contribution in [0.1, 0.15) is 51.0 Å². The Morgan fingerprint density at radius 3 is 2.33 bits per heavy atom. The van der Waals surface area contributed by atoms with Gasteiger partial charge in [-0.25, -0.2) is 0 Å². The summed E-state index contributed by atoms with van der Waals surface area (Å²) in [7, 11) is 0. The number of carbonyl (C=O) groups excluding carboxylic acids is 2. The van der Waals surface area contributed by atoms with E-state index in [9.17, 15) is 9.59 Å². The molecule has 1 rings (SSSR count). The molecule has 0 atom stereocenters. The highest BCUT2D eigenvalue weighted by Crippen LogP contribution is 2.09. The molecule has 0 unspecified atom stereocenters. The molecular formula is C17H24ClN3O2S. The van der Waals surface area contributed by atoms with Crippen LogP contribution in [0.4, 0.5) is 0 Å². The van der Waals surface area contributed by atoms with Gasteiger partial charge in [-0.2, -0.15) is 0 Å². The van der Waals surface area contributed by atoms with Crippen LogP contribution in [0.25, 0.3) is 0 Å². The van der Waals surface area contributed by atoms with Crippen molar-refractivity contribution in [2.75, 3.05) is 0 Å². The van der Waals surface area contributed by atoms with E-state index < -0.39 is 0 Å². The van der Waals surface area contributed by atoms with Crippen LogP contribution in [0.5, 0.6) is 0 Å². The van der Waals surface area contributed by atoms with E-state index in [0.29, 0.717) is 11.4 Å². The number of hydrazine groups is 1. The summed E-state index contributed by atoms with van der Waals surface area (Å²) >= 11 is 10.8. The van der Waals surface area contributed by atoms with Crippen molar-refractivity contribution in [1.29, 1.82) is 0 Å². The van der Waals surface area contributed by atoms with Crippen molar-refractivity contribution in [2.45, 2.75) is 51.9 Å². The van der Waals surface area contributed by atoms with Gasteiger partial charge in [-0.15, -0.1) is 0 Å². The lowest BCUT2D eigenvalue weighted by Gasteiger charge is -2.11. The van der Waals surface area contributed by atoms with Gasteiger partial charge >= 0.3 is 0 Å². The van der Waals surface area contributed by atoms with Gasteiger partial charge in [-0.1, -0.05) is 56.3 Å². The molecule has 24 heavy (non-hydrogen) atoms. The molecule has 0 radical (unpaired) electrons. The second kappa shape index (κ2) is 11.8. The van der Waals surface area contributed by atoms with Gasteiger partial charge in [-0.05, 0) is 36.3 Å². The standard InChI is InChI=1S/C17H24ClN3O2S/c1-2-3-4-5-6-7-15(22)19-17(24)21-20-16(23)12-13-8-10-14(18)11-9-13/h8-11H,2-7,12H2,1H3,(H,20,23)(H2,19,21,22,24). The summed E-state index contributed by atoms with van der Waals surface area (Å²) in [6.07, 6.45) is 6.03. The molecule has 0 fully saturated rings. The van der Waals surface area contributed by atoms with Crippen LogP contribution < -0.4 is 16.2 Å². The van der Waals surface area contributed by atoms with Crippen LogP contribution in [-0.4, -0.2) is 16.9 Å². The number of thiocarbonyl (C=S) groups is 1. The number of benzene rings is 1. The summed E-state index contributed by atoms with van der Waals surface area (Å²) in [5, 5.41) is 3.26. The van der Waals surface area contributed by atoms with Crippen molar-refractivity contribution >= 4 is 40.7 Å². The molecule has 0 aliphatic carbocycles. The number of rotatable bonds is 8. The van der Waals surface area contributed by atoms with Crippen molar-refractivity contribution in [3.63, 3.8) is 0 Å². The van der Waals surface area contributed by atoms with Crippen molar-refractivity contribution < 1.29 is 9.59 Å². The molecule has 0 bridgehead atoms. The minimum atomic E-state index is -0.256. The third-order valence-electron chi connectivity index (χ3n) is 3.35. The number of hydrogen-bond acceptors (Lipinski definition) is 3. The molecule has 0 aliphatic rings. The molecule has 2 amide bonds. The van der Waals surface area contributed by atoms with E-state index in [0.717, 1.165) is 24.8 Å². The van der Waals surface area contributed by atoms with Gasteiger partial charge in [0.1, 0.15) is 0 Å². The van der Waals surface area contributed by atoms with Crippen LogP contribution in [-0.2, 0) is 16.0 Å². The first-order chi connectivity index (χ1) is 11.5. The van der Waals surface area contributed by atoms with E-state index in [2.05, 4.69) is 23.1 Å². The Hall–Kier alpha value is -1.66. The second-order valence-electron chi connectivity index (χ2n) is 5.52. The molecule has 0 saturated carbocycles. The molecule has 0 heterocycles. The number of halogens is 1. The predicted molar refractivity (Wildman–Crippen MR) is 101 cm³/mol. The monoisotopic (exact) mass is 369 g/mol. The van der Waals surface area contributed by atoms with Gasteiger partial charge in [-0.3, -0.25) is 20.4 Å². The van der Waals surface area contributed by atoms with E-state index in [1.165, 1.54) is 12.8 Å². The second-order valence-corrected chi connectivity index (χ2v) is 6.36. The maximum Gasteiger partial charge on any atom is 0.242 e. The van der Waals surface area contributed by atoms with Crippen LogP contribution in [0.2, 0.25) is 5.02 Å². The first-order valence-corrected chi connectivity index (χ1v) is 8.93. The third-order valence-corrected chi connectivity index (χ3v) is 3.81. The maximum atomic E-state index is 11.8. The van der Waals surface area contributed by atoms with E-state index in [4.69, 9.17) is 23.8 Å². The van der Waals surface area contributed by atoms with Crippen molar-refractivity contribution in [3.05, 3.63) is 34.9 Å². The number of amides is 2. The highest BCUT2D eigenvalue weighted by atomic mass is 35.5. The van der Waals surface area contributed by atoms with Gasteiger partial charge < -0.3 is 5.32 Å². The van der Waals surface area contributed by atoms with Crippen molar-refractivity contribution in [1.82, 2.24) is 16.2 Å².